The van der Waals surface area contributed by atoms with Crippen LogP contribution in [0.1, 0.15) is 54.9 Å². The van der Waals surface area contributed by atoms with Gasteiger partial charge in [-0.15, -0.1) is 0 Å². The standard InChI is InChI=1S/C24H28N2O5/c1-5-30-24(29)13-20-7-6-18(16(3)27)12-23(20)31-15(2)10-22(17(4)28)19-8-9-26-21(11-19)14-25/h6-12,28H,5,13-14,25H2,1-4H3/b15-10+,22-17-. The number of esters is 1. The van der Waals surface area contributed by atoms with Crippen molar-refractivity contribution in [1.29, 1.82) is 0 Å². The van der Waals surface area contributed by atoms with E-state index in [1.54, 1.807) is 63.4 Å². The van der Waals surface area contributed by atoms with Crippen molar-refractivity contribution < 1.29 is 24.2 Å². The number of ether oxygens (including phenoxy) is 2. The van der Waals surface area contributed by atoms with Gasteiger partial charge in [-0.2, -0.15) is 0 Å². The summed E-state index contributed by atoms with van der Waals surface area (Å²) in [5.74, 6) is 0.429. The second kappa shape index (κ2) is 11.1. The molecule has 1 heterocycles. The van der Waals surface area contributed by atoms with Crippen LogP contribution in [0.25, 0.3) is 5.57 Å². The van der Waals surface area contributed by atoms with Gasteiger partial charge in [0.2, 0.25) is 0 Å². The molecule has 1 aromatic heterocycles. The van der Waals surface area contributed by atoms with Gasteiger partial charge in [0.05, 0.1) is 24.5 Å². The molecule has 0 aliphatic carbocycles. The number of Topliss-reactive ketones (excluding diaryl/α,β-unsaturated/α-hetero) is 1. The Morgan fingerprint density at radius 2 is 1.87 bits per heavy atom. The third-order valence-electron chi connectivity index (χ3n) is 4.46. The summed E-state index contributed by atoms with van der Waals surface area (Å²) in [6.07, 6.45) is 3.32. The molecule has 0 unspecified atom stereocenters. The fourth-order valence-corrected chi connectivity index (χ4v) is 2.94. The van der Waals surface area contributed by atoms with Crippen molar-refractivity contribution in [3.05, 3.63) is 76.5 Å². The monoisotopic (exact) mass is 424 g/mol. The molecule has 31 heavy (non-hydrogen) atoms. The molecule has 0 atom stereocenters. The number of allylic oxidation sites excluding steroid dienone is 4. The highest BCUT2D eigenvalue weighted by atomic mass is 16.5. The molecule has 0 aliphatic heterocycles. The van der Waals surface area contributed by atoms with E-state index in [1.165, 1.54) is 6.92 Å². The molecule has 7 heteroatoms. The zero-order chi connectivity index (χ0) is 23.0. The van der Waals surface area contributed by atoms with E-state index < -0.39 is 0 Å². The van der Waals surface area contributed by atoms with Gasteiger partial charge in [0.25, 0.3) is 0 Å². The first-order valence-corrected chi connectivity index (χ1v) is 9.96. The lowest BCUT2D eigenvalue weighted by atomic mass is 10.0. The van der Waals surface area contributed by atoms with Crippen molar-refractivity contribution in [3.63, 3.8) is 0 Å². The lowest BCUT2D eigenvalue weighted by Gasteiger charge is -2.14. The Balaban J connectivity index is 2.40. The van der Waals surface area contributed by atoms with E-state index in [4.69, 9.17) is 15.2 Å². The van der Waals surface area contributed by atoms with Crippen LogP contribution >= 0.6 is 0 Å². The van der Waals surface area contributed by atoms with Crippen LogP contribution in [-0.4, -0.2) is 28.4 Å². The molecule has 2 rings (SSSR count). The highest BCUT2D eigenvalue weighted by molar-refractivity contribution is 5.94. The molecule has 3 N–H and O–H groups in total. The molecular formula is C24H28N2O5. The van der Waals surface area contributed by atoms with E-state index in [1.807, 2.05) is 0 Å². The first kappa shape index (κ1) is 23.8. The summed E-state index contributed by atoms with van der Waals surface area (Å²) < 4.78 is 11.0. The number of aromatic nitrogens is 1. The van der Waals surface area contributed by atoms with Crippen LogP contribution in [0.5, 0.6) is 5.75 Å². The van der Waals surface area contributed by atoms with Crippen LogP contribution in [0.3, 0.4) is 0 Å². The molecular weight excluding hydrogens is 396 g/mol. The van der Waals surface area contributed by atoms with Gasteiger partial charge in [0.1, 0.15) is 11.5 Å². The molecule has 0 aliphatic rings. The lowest BCUT2D eigenvalue weighted by Crippen LogP contribution is -2.09. The summed E-state index contributed by atoms with van der Waals surface area (Å²) in [7, 11) is 0. The number of rotatable bonds is 9. The molecule has 0 saturated carbocycles. The summed E-state index contributed by atoms with van der Waals surface area (Å²) in [6.45, 7) is 7.05. The molecule has 0 saturated heterocycles. The number of hydrogen-bond donors (Lipinski definition) is 2. The van der Waals surface area contributed by atoms with Gasteiger partial charge in [0.15, 0.2) is 5.78 Å². The number of ketones is 1. The number of benzene rings is 1. The molecule has 0 fully saturated rings. The van der Waals surface area contributed by atoms with Crippen LogP contribution in [-0.2, 0) is 22.5 Å². The van der Waals surface area contributed by atoms with Crippen LogP contribution in [0.15, 0.2) is 54.1 Å². The van der Waals surface area contributed by atoms with Crippen molar-refractivity contribution in [2.24, 2.45) is 5.73 Å². The van der Waals surface area contributed by atoms with E-state index in [-0.39, 0.29) is 37.1 Å². The van der Waals surface area contributed by atoms with Gasteiger partial charge >= 0.3 is 5.97 Å². The SMILES string of the molecule is CCOC(=O)Cc1ccc(C(C)=O)cc1O/C(C)=C/C(=C(\C)O)c1ccnc(CN)c1. The largest absolute Gasteiger partial charge is 0.512 e. The highest BCUT2D eigenvalue weighted by Crippen LogP contribution is 2.26. The first-order valence-electron chi connectivity index (χ1n) is 9.96. The molecule has 1 aromatic carbocycles. The van der Waals surface area contributed by atoms with Gasteiger partial charge in [-0.05, 0) is 57.5 Å². The van der Waals surface area contributed by atoms with Gasteiger partial charge in [0, 0.05) is 29.4 Å². The predicted octanol–water partition coefficient (Wildman–Crippen LogP) is 4.12. The van der Waals surface area contributed by atoms with E-state index in [2.05, 4.69) is 4.98 Å². The van der Waals surface area contributed by atoms with Crippen LogP contribution in [0.2, 0.25) is 0 Å². The van der Waals surface area contributed by atoms with E-state index >= 15 is 0 Å². The molecule has 0 amide bonds. The van der Waals surface area contributed by atoms with Crippen LogP contribution in [0, 0.1) is 0 Å². The number of nitrogens with zero attached hydrogens (tertiary/aromatic N) is 1. The average molecular weight is 424 g/mol. The maximum Gasteiger partial charge on any atom is 0.310 e. The predicted molar refractivity (Wildman–Crippen MR) is 119 cm³/mol. The summed E-state index contributed by atoms with van der Waals surface area (Å²) in [4.78, 5) is 27.9. The van der Waals surface area contributed by atoms with Gasteiger partial charge in [-0.3, -0.25) is 14.6 Å². The summed E-state index contributed by atoms with van der Waals surface area (Å²) >= 11 is 0. The fourth-order valence-electron chi connectivity index (χ4n) is 2.94. The molecule has 0 radical (unpaired) electrons. The molecule has 2 aromatic rings. The first-order chi connectivity index (χ1) is 14.7. The maximum absolute atomic E-state index is 12.0. The van der Waals surface area contributed by atoms with Crippen molar-refractivity contribution in [2.45, 2.75) is 40.7 Å². The fraction of sp³-hybridized carbons (Fsp3) is 0.292. The smallest absolute Gasteiger partial charge is 0.310 e. The molecule has 0 bridgehead atoms. The maximum atomic E-state index is 12.0. The van der Waals surface area contributed by atoms with Crippen LogP contribution < -0.4 is 10.5 Å². The zero-order valence-electron chi connectivity index (χ0n) is 18.3. The third kappa shape index (κ3) is 6.79. The number of aliphatic hydroxyl groups is 1. The molecule has 7 nitrogen and oxygen atoms in total. The number of carbonyl (C=O) groups excluding carboxylic acids is 2. The summed E-state index contributed by atoms with van der Waals surface area (Å²) in [6, 6.07) is 8.49. The van der Waals surface area contributed by atoms with E-state index in [9.17, 15) is 14.7 Å². The number of nitrogens with two attached hydrogens (primary N) is 1. The quantitative estimate of drug-likeness (QED) is 0.269. The number of aliphatic hydroxyl groups excluding tert-OH is 1. The Morgan fingerprint density at radius 3 is 2.48 bits per heavy atom. The number of carbonyl (C=O) groups is 2. The highest BCUT2D eigenvalue weighted by Gasteiger charge is 2.14. The Kier molecular flexibility index (Phi) is 8.52. The van der Waals surface area contributed by atoms with E-state index in [0.29, 0.717) is 33.9 Å². The summed E-state index contributed by atoms with van der Waals surface area (Å²) in [5.41, 5.74) is 8.70. The van der Waals surface area contributed by atoms with Crippen molar-refractivity contribution in [1.82, 2.24) is 4.98 Å². The number of hydrogen-bond acceptors (Lipinski definition) is 7. The van der Waals surface area contributed by atoms with Crippen molar-refractivity contribution in [2.75, 3.05) is 6.61 Å². The minimum atomic E-state index is -0.387. The third-order valence-corrected chi connectivity index (χ3v) is 4.46. The minimum absolute atomic E-state index is 0.0145. The molecule has 0 spiro atoms. The Morgan fingerprint density at radius 1 is 1.13 bits per heavy atom. The van der Waals surface area contributed by atoms with Crippen molar-refractivity contribution in [3.8, 4) is 5.75 Å². The van der Waals surface area contributed by atoms with Gasteiger partial charge in [-0.1, -0.05) is 12.1 Å². The topological polar surface area (TPSA) is 112 Å². The Labute approximate surface area is 182 Å². The van der Waals surface area contributed by atoms with Crippen molar-refractivity contribution >= 4 is 17.3 Å². The normalized spacial score (nSPS) is 12.2. The molecule has 164 valence electrons. The second-order valence-electron chi connectivity index (χ2n) is 6.96. The lowest BCUT2D eigenvalue weighted by molar-refractivity contribution is -0.142. The number of pyridine rings is 1. The second-order valence-corrected chi connectivity index (χ2v) is 6.96. The zero-order valence-corrected chi connectivity index (χ0v) is 18.3. The average Bonchev–Trinajstić information content (AvgIpc) is 2.73. The minimum Gasteiger partial charge on any atom is -0.512 e. The van der Waals surface area contributed by atoms with Gasteiger partial charge < -0.3 is 20.3 Å². The van der Waals surface area contributed by atoms with Gasteiger partial charge in [-0.25, -0.2) is 0 Å². The Bertz CT molecular complexity index is 1020. The van der Waals surface area contributed by atoms with Crippen LogP contribution in [0.4, 0.5) is 0 Å². The van der Waals surface area contributed by atoms with E-state index in [0.717, 1.165) is 5.56 Å². The summed E-state index contributed by atoms with van der Waals surface area (Å²) in [5, 5.41) is 10.2. The Hall–Kier alpha value is -3.45.